The number of carbonyl (C=O) groups is 1. The Bertz CT molecular complexity index is 994. The highest BCUT2D eigenvalue weighted by Crippen LogP contribution is 2.30. The van der Waals surface area contributed by atoms with E-state index in [4.69, 9.17) is 9.47 Å². The summed E-state index contributed by atoms with van der Waals surface area (Å²) in [5.41, 5.74) is 3.39. The minimum Gasteiger partial charge on any atom is -0.485 e. The van der Waals surface area contributed by atoms with E-state index in [1.165, 1.54) is 0 Å². The third-order valence-corrected chi connectivity index (χ3v) is 5.41. The van der Waals surface area contributed by atoms with Gasteiger partial charge in [-0.15, -0.1) is 0 Å². The Morgan fingerprint density at radius 1 is 0.758 bits per heavy atom. The largest absolute Gasteiger partial charge is 0.485 e. The second-order valence-corrected chi connectivity index (χ2v) is 8.19. The molecule has 0 fully saturated rings. The van der Waals surface area contributed by atoms with E-state index < -0.39 is 0 Å². The number of aryl methyl sites for hydroxylation is 1. The van der Waals surface area contributed by atoms with Crippen molar-refractivity contribution in [3.8, 4) is 11.5 Å². The Hall–Kier alpha value is -3.33. The summed E-state index contributed by atoms with van der Waals surface area (Å²) in [5, 5.41) is 0. The van der Waals surface area contributed by atoms with Crippen molar-refractivity contribution in [2.75, 3.05) is 0 Å². The number of ketones is 1. The van der Waals surface area contributed by atoms with Crippen molar-refractivity contribution in [2.45, 2.75) is 58.7 Å². The van der Waals surface area contributed by atoms with Gasteiger partial charge in [-0.25, -0.2) is 0 Å². The Balaban J connectivity index is 1.61. The molecule has 0 atom stereocenters. The van der Waals surface area contributed by atoms with Crippen molar-refractivity contribution in [2.24, 2.45) is 0 Å². The van der Waals surface area contributed by atoms with E-state index >= 15 is 0 Å². The molecular weight excluding hydrogens is 408 g/mol. The van der Waals surface area contributed by atoms with Gasteiger partial charge in [0.25, 0.3) is 0 Å². The average molecular weight is 443 g/mol. The van der Waals surface area contributed by atoms with Crippen LogP contribution >= 0.6 is 0 Å². The number of allylic oxidation sites excluding steroid dienone is 2. The molecule has 0 aliphatic rings. The summed E-state index contributed by atoms with van der Waals surface area (Å²) < 4.78 is 12.2. The van der Waals surface area contributed by atoms with Gasteiger partial charge >= 0.3 is 0 Å². The maximum atomic E-state index is 11.9. The van der Waals surface area contributed by atoms with Crippen molar-refractivity contribution in [1.29, 1.82) is 0 Å². The third kappa shape index (κ3) is 8.97. The first-order valence-corrected chi connectivity index (χ1v) is 11.9. The smallest absolute Gasteiger partial charge is 0.161 e. The molecule has 0 saturated carbocycles. The van der Waals surface area contributed by atoms with Gasteiger partial charge in [0.2, 0.25) is 0 Å². The fraction of sp³-hybridized carbons (Fsp3) is 0.300. The normalized spacial score (nSPS) is 10.9. The molecule has 3 aromatic carbocycles. The molecule has 3 heteroatoms. The lowest BCUT2D eigenvalue weighted by molar-refractivity contribution is -0.114. The van der Waals surface area contributed by atoms with Crippen LogP contribution in [0.2, 0.25) is 0 Å². The Kier molecular flexibility index (Phi) is 10.3. The van der Waals surface area contributed by atoms with Gasteiger partial charge in [0.05, 0.1) is 0 Å². The maximum absolute atomic E-state index is 11.9. The molecule has 0 aliphatic carbocycles. The lowest BCUT2D eigenvalue weighted by Gasteiger charge is -2.14. The molecule has 3 rings (SSSR count). The maximum Gasteiger partial charge on any atom is 0.161 e. The Morgan fingerprint density at radius 3 is 2.03 bits per heavy atom. The van der Waals surface area contributed by atoms with Crippen molar-refractivity contribution in [1.82, 2.24) is 0 Å². The lowest BCUT2D eigenvalue weighted by atomic mass is 10.1. The molecular formula is C30H34O3. The molecule has 0 heterocycles. The minimum absolute atomic E-state index is 0.222. The monoisotopic (exact) mass is 442 g/mol. The van der Waals surface area contributed by atoms with Gasteiger partial charge in [0.1, 0.15) is 13.2 Å². The molecule has 172 valence electrons. The SMILES string of the molecule is CCCCCC(=O)/C=C/CCc1ccc(OCc2ccccc2)c(OCc2ccccc2)c1. The molecule has 3 aromatic rings. The van der Waals surface area contributed by atoms with E-state index in [9.17, 15) is 4.79 Å². The van der Waals surface area contributed by atoms with E-state index in [2.05, 4.69) is 43.3 Å². The molecule has 0 N–H and O–H groups in total. The van der Waals surface area contributed by atoms with Crippen molar-refractivity contribution in [3.63, 3.8) is 0 Å². The van der Waals surface area contributed by atoms with E-state index in [-0.39, 0.29) is 5.78 Å². The van der Waals surface area contributed by atoms with Crippen LogP contribution in [0.5, 0.6) is 11.5 Å². The zero-order chi connectivity index (χ0) is 23.1. The second-order valence-electron chi connectivity index (χ2n) is 8.19. The molecule has 0 amide bonds. The number of rotatable bonds is 14. The fourth-order valence-electron chi connectivity index (χ4n) is 3.51. The summed E-state index contributed by atoms with van der Waals surface area (Å²) in [6.07, 6.45) is 9.27. The minimum atomic E-state index is 0.222. The zero-order valence-corrected chi connectivity index (χ0v) is 19.5. The Labute approximate surface area is 198 Å². The molecule has 33 heavy (non-hydrogen) atoms. The fourth-order valence-corrected chi connectivity index (χ4v) is 3.51. The van der Waals surface area contributed by atoms with Crippen LogP contribution in [0.4, 0.5) is 0 Å². The van der Waals surface area contributed by atoms with E-state index in [0.29, 0.717) is 19.6 Å². The van der Waals surface area contributed by atoms with Crippen LogP contribution < -0.4 is 9.47 Å². The molecule has 0 saturated heterocycles. The molecule has 0 bridgehead atoms. The summed E-state index contributed by atoms with van der Waals surface area (Å²) >= 11 is 0. The van der Waals surface area contributed by atoms with Crippen molar-refractivity contribution >= 4 is 5.78 Å². The van der Waals surface area contributed by atoms with Gasteiger partial charge in [0, 0.05) is 6.42 Å². The summed E-state index contributed by atoms with van der Waals surface area (Å²) in [5.74, 6) is 1.70. The van der Waals surface area contributed by atoms with Crippen molar-refractivity contribution < 1.29 is 14.3 Å². The van der Waals surface area contributed by atoms with Gasteiger partial charge in [-0.2, -0.15) is 0 Å². The van der Waals surface area contributed by atoms with E-state index in [1.54, 1.807) is 6.08 Å². The number of hydrogen-bond donors (Lipinski definition) is 0. The summed E-state index contributed by atoms with van der Waals surface area (Å²) in [7, 11) is 0. The predicted molar refractivity (Wildman–Crippen MR) is 135 cm³/mol. The number of benzene rings is 3. The van der Waals surface area contributed by atoms with Crippen LogP contribution in [0.15, 0.2) is 91.0 Å². The molecule has 0 spiro atoms. The molecule has 0 aromatic heterocycles. The first-order valence-electron chi connectivity index (χ1n) is 11.9. The van der Waals surface area contributed by atoms with Crippen LogP contribution in [0.1, 0.15) is 55.7 Å². The number of hydrogen-bond acceptors (Lipinski definition) is 3. The van der Waals surface area contributed by atoms with Gasteiger partial charge in [-0.05, 0) is 54.2 Å². The van der Waals surface area contributed by atoms with Crippen molar-refractivity contribution in [3.05, 3.63) is 108 Å². The summed E-state index contributed by atoms with van der Waals surface area (Å²) in [6.45, 7) is 3.12. The highest BCUT2D eigenvalue weighted by Gasteiger charge is 2.08. The Morgan fingerprint density at radius 2 is 1.39 bits per heavy atom. The van der Waals surface area contributed by atoms with Gasteiger partial charge < -0.3 is 9.47 Å². The van der Waals surface area contributed by atoms with Gasteiger partial charge in [-0.1, -0.05) is 92.6 Å². The zero-order valence-electron chi connectivity index (χ0n) is 19.5. The molecule has 0 radical (unpaired) electrons. The van der Waals surface area contributed by atoms with Crippen LogP contribution in [-0.2, 0) is 24.4 Å². The van der Waals surface area contributed by atoms with Crippen LogP contribution in [0.3, 0.4) is 0 Å². The standard InChI is InChI=1S/C30H34O3/c1-2-3-6-18-28(31)19-12-11-13-25-20-21-29(32-23-26-14-7-4-8-15-26)30(22-25)33-24-27-16-9-5-10-17-27/h4-5,7-10,12,14-17,19-22H,2-3,6,11,13,18,23-24H2,1H3/b19-12+. The molecule has 0 aliphatic heterocycles. The van der Waals surface area contributed by atoms with Gasteiger partial charge in [0.15, 0.2) is 17.3 Å². The molecule has 0 unspecified atom stereocenters. The van der Waals surface area contributed by atoms with E-state index in [0.717, 1.165) is 60.3 Å². The summed E-state index contributed by atoms with van der Waals surface area (Å²) in [6, 6.07) is 26.4. The van der Waals surface area contributed by atoms with Crippen LogP contribution in [0.25, 0.3) is 0 Å². The second kappa shape index (κ2) is 13.9. The average Bonchev–Trinajstić information content (AvgIpc) is 2.86. The third-order valence-electron chi connectivity index (χ3n) is 5.41. The highest BCUT2D eigenvalue weighted by atomic mass is 16.5. The van der Waals surface area contributed by atoms with E-state index in [1.807, 2.05) is 48.5 Å². The quantitative estimate of drug-likeness (QED) is 0.192. The lowest BCUT2D eigenvalue weighted by Crippen LogP contribution is -2.01. The number of unbranched alkanes of at least 4 members (excludes halogenated alkanes) is 2. The van der Waals surface area contributed by atoms with Crippen LogP contribution in [-0.4, -0.2) is 5.78 Å². The predicted octanol–water partition coefficient (Wildman–Crippen LogP) is 7.48. The van der Waals surface area contributed by atoms with Crippen LogP contribution in [0, 0.1) is 0 Å². The first-order chi connectivity index (χ1) is 16.2. The highest BCUT2D eigenvalue weighted by molar-refractivity contribution is 5.89. The topological polar surface area (TPSA) is 35.5 Å². The summed E-state index contributed by atoms with van der Waals surface area (Å²) in [4.78, 5) is 11.9. The molecule has 3 nitrogen and oxygen atoms in total. The number of ether oxygens (including phenoxy) is 2. The first kappa shape index (κ1) is 24.3. The van der Waals surface area contributed by atoms with Gasteiger partial charge in [-0.3, -0.25) is 4.79 Å². The number of carbonyl (C=O) groups excluding carboxylic acids is 1.